The third-order valence-corrected chi connectivity index (χ3v) is 3.57. The van der Waals surface area contributed by atoms with Gasteiger partial charge in [0.2, 0.25) is 0 Å². The van der Waals surface area contributed by atoms with E-state index in [4.69, 9.17) is 14.2 Å². The van der Waals surface area contributed by atoms with Crippen LogP contribution in [-0.2, 0) is 4.74 Å². The number of rotatable bonds is 7. The number of anilines is 1. The molecule has 0 aliphatic heterocycles. The zero-order valence-corrected chi connectivity index (χ0v) is 12.6. The number of nitrogens with one attached hydrogen (secondary N) is 1. The summed E-state index contributed by atoms with van der Waals surface area (Å²) in [6.45, 7) is 1.39. The number of methoxy groups -OCH3 is 3. The number of aromatic nitrogens is 1. The minimum atomic E-state index is 0.654. The molecule has 0 saturated carbocycles. The number of hydrogen-bond donors (Lipinski definition) is 1. The molecule has 1 heterocycles. The molecule has 2 rings (SSSR count). The zero-order valence-electron chi connectivity index (χ0n) is 11.8. The lowest BCUT2D eigenvalue weighted by molar-refractivity contribution is 0.211. The molecule has 0 bridgehead atoms. The molecule has 0 fully saturated rings. The van der Waals surface area contributed by atoms with E-state index in [2.05, 4.69) is 10.3 Å². The van der Waals surface area contributed by atoms with Crippen molar-refractivity contribution in [3.63, 3.8) is 0 Å². The van der Waals surface area contributed by atoms with Gasteiger partial charge in [-0.05, 0) is 12.1 Å². The maximum Gasteiger partial charge on any atom is 0.183 e. The van der Waals surface area contributed by atoms with Crippen LogP contribution < -0.4 is 14.8 Å². The number of ether oxygens (including phenoxy) is 3. The fraction of sp³-hybridized carbons (Fsp3) is 0.357. The molecule has 6 heteroatoms. The predicted molar refractivity (Wildman–Crippen MR) is 81.0 cm³/mol. The first-order chi connectivity index (χ1) is 9.78. The van der Waals surface area contributed by atoms with Crippen LogP contribution in [0.2, 0.25) is 0 Å². The highest BCUT2D eigenvalue weighted by Gasteiger charge is 2.11. The van der Waals surface area contributed by atoms with Crippen LogP contribution in [0.4, 0.5) is 5.13 Å². The molecule has 0 saturated heterocycles. The van der Waals surface area contributed by atoms with Crippen molar-refractivity contribution in [2.75, 3.05) is 39.8 Å². The van der Waals surface area contributed by atoms with Gasteiger partial charge in [0.05, 0.1) is 26.5 Å². The normalized spacial score (nSPS) is 10.3. The van der Waals surface area contributed by atoms with Gasteiger partial charge in [0, 0.05) is 30.7 Å². The third kappa shape index (κ3) is 3.40. The average molecular weight is 294 g/mol. The van der Waals surface area contributed by atoms with E-state index in [0.29, 0.717) is 6.61 Å². The van der Waals surface area contributed by atoms with Crippen LogP contribution in [0.3, 0.4) is 0 Å². The van der Waals surface area contributed by atoms with Crippen molar-refractivity contribution in [3.8, 4) is 22.8 Å². The molecule has 0 aliphatic carbocycles. The van der Waals surface area contributed by atoms with Crippen molar-refractivity contribution in [1.29, 1.82) is 0 Å². The minimum absolute atomic E-state index is 0.654. The SMILES string of the molecule is COCCNc1nc(-c2ccc(OC)cc2OC)cs1. The molecule has 0 atom stereocenters. The smallest absolute Gasteiger partial charge is 0.183 e. The first kappa shape index (κ1) is 14.6. The van der Waals surface area contributed by atoms with Crippen molar-refractivity contribution < 1.29 is 14.2 Å². The van der Waals surface area contributed by atoms with Gasteiger partial charge in [-0.2, -0.15) is 0 Å². The van der Waals surface area contributed by atoms with Gasteiger partial charge in [-0.1, -0.05) is 0 Å². The monoisotopic (exact) mass is 294 g/mol. The molecular weight excluding hydrogens is 276 g/mol. The molecule has 0 aliphatic rings. The highest BCUT2D eigenvalue weighted by Crippen LogP contribution is 2.34. The summed E-state index contributed by atoms with van der Waals surface area (Å²) in [6.07, 6.45) is 0. The molecule has 108 valence electrons. The molecule has 5 nitrogen and oxygen atoms in total. The first-order valence-electron chi connectivity index (χ1n) is 6.19. The first-order valence-corrected chi connectivity index (χ1v) is 7.07. The van der Waals surface area contributed by atoms with Crippen LogP contribution >= 0.6 is 11.3 Å². The van der Waals surface area contributed by atoms with Gasteiger partial charge in [-0.3, -0.25) is 0 Å². The van der Waals surface area contributed by atoms with Crippen molar-refractivity contribution in [3.05, 3.63) is 23.6 Å². The molecule has 20 heavy (non-hydrogen) atoms. The van der Waals surface area contributed by atoms with Gasteiger partial charge < -0.3 is 19.5 Å². The molecule has 2 aromatic rings. The number of nitrogens with zero attached hydrogens (tertiary/aromatic N) is 1. The average Bonchev–Trinajstić information content (AvgIpc) is 2.95. The van der Waals surface area contributed by atoms with Crippen LogP contribution in [0.1, 0.15) is 0 Å². The Morgan fingerprint density at radius 1 is 1.20 bits per heavy atom. The van der Waals surface area contributed by atoms with Gasteiger partial charge in [-0.25, -0.2) is 4.98 Å². The summed E-state index contributed by atoms with van der Waals surface area (Å²) in [7, 11) is 4.95. The Morgan fingerprint density at radius 3 is 2.75 bits per heavy atom. The molecule has 0 unspecified atom stereocenters. The molecule has 0 radical (unpaired) electrons. The molecule has 1 N–H and O–H groups in total. The zero-order chi connectivity index (χ0) is 14.4. The van der Waals surface area contributed by atoms with E-state index in [1.165, 1.54) is 0 Å². The number of thiazole rings is 1. The Hall–Kier alpha value is -1.79. The minimum Gasteiger partial charge on any atom is -0.497 e. The van der Waals surface area contributed by atoms with Gasteiger partial charge in [0.15, 0.2) is 5.13 Å². The van der Waals surface area contributed by atoms with Crippen molar-refractivity contribution >= 4 is 16.5 Å². The van der Waals surface area contributed by atoms with Crippen molar-refractivity contribution in [2.45, 2.75) is 0 Å². The predicted octanol–water partition coefficient (Wildman–Crippen LogP) is 2.89. The summed E-state index contributed by atoms with van der Waals surface area (Å²) < 4.78 is 15.6. The lowest BCUT2D eigenvalue weighted by Crippen LogP contribution is -2.07. The summed E-state index contributed by atoms with van der Waals surface area (Å²) >= 11 is 1.56. The van der Waals surface area contributed by atoms with Gasteiger partial charge in [-0.15, -0.1) is 11.3 Å². The van der Waals surface area contributed by atoms with E-state index in [0.717, 1.165) is 34.4 Å². The fourth-order valence-corrected chi connectivity index (χ4v) is 2.49. The maximum atomic E-state index is 5.39. The van der Waals surface area contributed by atoms with E-state index >= 15 is 0 Å². The summed E-state index contributed by atoms with van der Waals surface area (Å²) in [6, 6.07) is 5.70. The molecule has 1 aromatic carbocycles. The van der Waals surface area contributed by atoms with Crippen LogP contribution in [0.5, 0.6) is 11.5 Å². The Bertz CT molecular complexity index is 557. The van der Waals surface area contributed by atoms with Gasteiger partial charge >= 0.3 is 0 Å². The Morgan fingerprint density at radius 2 is 2.05 bits per heavy atom. The Labute approximate surface area is 122 Å². The van der Waals surface area contributed by atoms with E-state index in [9.17, 15) is 0 Å². The molecular formula is C14H18N2O3S. The topological polar surface area (TPSA) is 52.6 Å². The highest BCUT2D eigenvalue weighted by molar-refractivity contribution is 7.14. The standard InChI is InChI=1S/C14H18N2O3S/c1-17-7-6-15-14-16-12(9-20-14)11-5-4-10(18-2)8-13(11)19-3/h4-5,8-9H,6-7H2,1-3H3,(H,15,16). The van der Waals surface area contributed by atoms with Crippen LogP contribution in [0.15, 0.2) is 23.6 Å². The van der Waals surface area contributed by atoms with Gasteiger partial charge in [0.25, 0.3) is 0 Å². The second kappa shape index (κ2) is 7.12. The summed E-state index contributed by atoms with van der Waals surface area (Å²) in [5.41, 5.74) is 1.83. The second-order valence-electron chi connectivity index (χ2n) is 4.02. The Balaban J connectivity index is 2.18. The van der Waals surface area contributed by atoms with Gasteiger partial charge in [0.1, 0.15) is 11.5 Å². The van der Waals surface area contributed by atoms with E-state index in [-0.39, 0.29) is 0 Å². The number of benzene rings is 1. The van der Waals surface area contributed by atoms with Crippen LogP contribution in [0, 0.1) is 0 Å². The van der Waals surface area contributed by atoms with E-state index in [1.807, 2.05) is 23.6 Å². The maximum absolute atomic E-state index is 5.39. The van der Waals surface area contributed by atoms with E-state index in [1.54, 1.807) is 32.7 Å². The summed E-state index contributed by atoms with van der Waals surface area (Å²) in [5, 5.41) is 6.08. The largest absolute Gasteiger partial charge is 0.497 e. The lowest BCUT2D eigenvalue weighted by atomic mass is 10.1. The second-order valence-corrected chi connectivity index (χ2v) is 4.88. The van der Waals surface area contributed by atoms with Crippen LogP contribution in [-0.4, -0.2) is 39.5 Å². The quantitative estimate of drug-likeness (QED) is 0.796. The Kier molecular flexibility index (Phi) is 5.20. The van der Waals surface area contributed by atoms with Crippen LogP contribution in [0.25, 0.3) is 11.3 Å². The van der Waals surface area contributed by atoms with Crippen molar-refractivity contribution in [2.24, 2.45) is 0 Å². The van der Waals surface area contributed by atoms with E-state index < -0.39 is 0 Å². The summed E-state index contributed by atoms with van der Waals surface area (Å²) in [5.74, 6) is 1.51. The summed E-state index contributed by atoms with van der Waals surface area (Å²) in [4.78, 5) is 4.55. The molecule has 0 spiro atoms. The lowest BCUT2D eigenvalue weighted by Gasteiger charge is -2.08. The van der Waals surface area contributed by atoms with Crippen molar-refractivity contribution in [1.82, 2.24) is 4.98 Å². The number of hydrogen-bond acceptors (Lipinski definition) is 6. The third-order valence-electron chi connectivity index (χ3n) is 2.77. The highest BCUT2D eigenvalue weighted by atomic mass is 32.1. The fourth-order valence-electron chi connectivity index (χ4n) is 1.75. The molecule has 1 aromatic heterocycles. The molecule has 0 amide bonds.